The van der Waals surface area contributed by atoms with Crippen LogP contribution in [0.5, 0.6) is 0 Å². The highest BCUT2D eigenvalue weighted by atomic mass is 16.1. The van der Waals surface area contributed by atoms with Crippen LogP contribution in [0.2, 0.25) is 0 Å². The van der Waals surface area contributed by atoms with E-state index in [2.05, 4.69) is 10.4 Å². The van der Waals surface area contributed by atoms with Gasteiger partial charge in [-0.15, -0.1) is 0 Å². The van der Waals surface area contributed by atoms with E-state index in [9.17, 15) is 9.59 Å². The Labute approximate surface area is 82.1 Å². The molecule has 0 atom stereocenters. The second-order valence-electron chi connectivity index (χ2n) is 3.19. The molecule has 0 saturated heterocycles. The molecule has 0 radical (unpaired) electrons. The van der Waals surface area contributed by atoms with E-state index in [1.807, 2.05) is 6.92 Å². The minimum Gasteiger partial charge on any atom is -0.352 e. The lowest BCUT2D eigenvalue weighted by atomic mass is 10.2. The Hall–Kier alpha value is -1.52. The highest BCUT2D eigenvalue weighted by Gasteiger charge is 2.08. The maximum absolute atomic E-state index is 11.3. The Morgan fingerprint density at radius 1 is 1.57 bits per heavy atom. The van der Waals surface area contributed by atoms with Gasteiger partial charge in [0.05, 0.1) is 12.1 Å². The number of carbonyl (C=O) groups is 1. The zero-order chi connectivity index (χ0) is 10.7. The summed E-state index contributed by atoms with van der Waals surface area (Å²) in [6, 6.07) is 0. The Morgan fingerprint density at radius 3 is 2.64 bits per heavy atom. The highest BCUT2D eigenvalue weighted by molar-refractivity contribution is 5.75. The molecule has 1 aromatic heterocycles. The third kappa shape index (κ3) is 2.04. The summed E-state index contributed by atoms with van der Waals surface area (Å²) in [5, 5.41) is 5.30. The first-order valence-electron chi connectivity index (χ1n) is 4.57. The summed E-state index contributed by atoms with van der Waals surface area (Å²) in [7, 11) is 1.77. The van der Waals surface area contributed by atoms with E-state index >= 15 is 0 Å². The summed E-state index contributed by atoms with van der Waals surface area (Å²) in [4.78, 5) is 22.3. The lowest BCUT2D eigenvalue weighted by Gasteiger charge is -2.01. The summed E-state index contributed by atoms with van der Waals surface area (Å²) in [6.45, 7) is 3.91. The first kappa shape index (κ1) is 10.6. The molecule has 0 aromatic carbocycles. The van der Waals surface area contributed by atoms with Crippen molar-refractivity contribution in [3.05, 3.63) is 21.6 Å². The largest absolute Gasteiger partial charge is 0.352 e. The van der Waals surface area contributed by atoms with Gasteiger partial charge in [-0.2, -0.15) is 0 Å². The Morgan fingerprint density at radius 2 is 2.21 bits per heavy atom. The second-order valence-corrected chi connectivity index (χ2v) is 3.19. The molecule has 0 spiro atoms. The van der Waals surface area contributed by atoms with E-state index in [4.69, 9.17) is 0 Å². The van der Waals surface area contributed by atoms with E-state index in [0.29, 0.717) is 18.5 Å². The molecule has 0 aliphatic rings. The third-order valence-corrected chi connectivity index (χ3v) is 2.27. The lowest BCUT2D eigenvalue weighted by Crippen LogP contribution is -2.24. The van der Waals surface area contributed by atoms with Crippen LogP contribution in [0.25, 0.3) is 0 Å². The predicted octanol–water partition coefficient (Wildman–Crippen LogP) is 0.0480. The number of nitrogens with zero attached hydrogens (tertiary/aromatic N) is 1. The van der Waals surface area contributed by atoms with Crippen molar-refractivity contribution in [2.45, 2.75) is 26.8 Å². The smallest absolute Gasteiger partial charge is 0.269 e. The van der Waals surface area contributed by atoms with Crippen LogP contribution in [0.15, 0.2) is 4.79 Å². The number of nitrogens with one attached hydrogen (secondary N) is 2. The molecule has 0 saturated carbocycles. The van der Waals surface area contributed by atoms with Gasteiger partial charge in [0.25, 0.3) is 5.56 Å². The number of hydrogen-bond acceptors (Lipinski definition) is 2. The average molecular weight is 197 g/mol. The molecule has 1 amide bonds. The monoisotopic (exact) mass is 197 g/mol. The first-order valence-corrected chi connectivity index (χ1v) is 4.57. The van der Waals surface area contributed by atoms with Crippen LogP contribution in [0, 0.1) is 6.92 Å². The molecule has 0 unspecified atom stereocenters. The van der Waals surface area contributed by atoms with Crippen LogP contribution in [0.3, 0.4) is 0 Å². The number of amides is 1. The summed E-state index contributed by atoms with van der Waals surface area (Å²) in [5.41, 5.74) is 1.34. The van der Waals surface area contributed by atoms with Gasteiger partial charge < -0.3 is 5.32 Å². The average Bonchev–Trinajstić information content (AvgIpc) is 2.39. The van der Waals surface area contributed by atoms with Gasteiger partial charge >= 0.3 is 0 Å². The van der Waals surface area contributed by atoms with Gasteiger partial charge in [0.1, 0.15) is 0 Å². The number of rotatable bonds is 3. The standard InChI is InChI=1S/C9H15N3O2/c1-4-8(13)10-5-7-6(2)12(3)11-9(7)14/h4-5H2,1-3H3,(H,10,13)(H,11,14). The number of aromatic nitrogens is 2. The summed E-state index contributed by atoms with van der Waals surface area (Å²) >= 11 is 0. The Kier molecular flexibility index (Phi) is 3.11. The van der Waals surface area contributed by atoms with E-state index < -0.39 is 0 Å². The molecule has 0 bridgehead atoms. The molecule has 0 aliphatic carbocycles. The zero-order valence-corrected chi connectivity index (χ0v) is 8.68. The Bertz CT molecular complexity index is 389. The van der Waals surface area contributed by atoms with Crippen molar-refractivity contribution in [1.29, 1.82) is 0 Å². The molecule has 1 aromatic rings. The first-order chi connectivity index (χ1) is 6.56. The fourth-order valence-electron chi connectivity index (χ4n) is 1.19. The second kappa shape index (κ2) is 4.13. The number of carbonyl (C=O) groups excluding carboxylic acids is 1. The van der Waals surface area contributed by atoms with Crippen LogP contribution in [0.1, 0.15) is 24.6 Å². The highest BCUT2D eigenvalue weighted by Crippen LogP contribution is 1.99. The van der Waals surface area contributed by atoms with Crippen molar-refractivity contribution < 1.29 is 4.79 Å². The molecule has 1 rings (SSSR count). The van der Waals surface area contributed by atoms with Crippen LogP contribution < -0.4 is 10.9 Å². The number of aryl methyl sites for hydroxylation is 1. The van der Waals surface area contributed by atoms with Crippen molar-refractivity contribution in [2.75, 3.05) is 0 Å². The van der Waals surface area contributed by atoms with Crippen molar-refractivity contribution in [1.82, 2.24) is 15.1 Å². The topological polar surface area (TPSA) is 66.9 Å². The van der Waals surface area contributed by atoms with E-state index in [1.165, 1.54) is 0 Å². The summed E-state index contributed by atoms with van der Waals surface area (Å²) in [5.74, 6) is -0.0485. The van der Waals surface area contributed by atoms with Gasteiger partial charge in [0.2, 0.25) is 5.91 Å². The van der Waals surface area contributed by atoms with Gasteiger partial charge in [-0.25, -0.2) is 0 Å². The van der Waals surface area contributed by atoms with Crippen LogP contribution >= 0.6 is 0 Å². The summed E-state index contributed by atoms with van der Waals surface area (Å²) < 4.78 is 1.65. The third-order valence-electron chi connectivity index (χ3n) is 2.27. The fourth-order valence-corrected chi connectivity index (χ4v) is 1.19. The minimum atomic E-state index is -0.138. The number of H-pyrrole nitrogens is 1. The fraction of sp³-hybridized carbons (Fsp3) is 0.556. The quantitative estimate of drug-likeness (QED) is 0.719. The number of aromatic amines is 1. The zero-order valence-electron chi connectivity index (χ0n) is 8.68. The molecule has 5 nitrogen and oxygen atoms in total. The van der Waals surface area contributed by atoms with Crippen LogP contribution in [-0.4, -0.2) is 15.7 Å². The molecule has 0 fully saturated rings. The Balaban J connectivity index is 2.77. The normalized spacial score (nSPS) is 10.2. The van der Waals surface area contributed by atoms with Gasteiger partial charge in [-0.1, -0.05) is 6.92 Å². The minimum absolute atomic E-state index is 0.0485. The van der Waals surface area contributed by atoms with Gasteiger partial charge in [0, 0.05) is 19.2 Å². The number of hydrogen-bond donors (Lipinski definition) is 2. The van der Waals surface area contributed by atoms with Crippen LogP contribution in [0.4, 0.5) is 0 Å². The van der Waals surface area contributed by atoms with E-state index in [0.717, 1.165) is 5.69 Å². The van der Waals surface area contributed by atoms with E-state index in [1.54, 1.807) is 18.7 Å². The van der Waals surface area contributed by atoms with Crippen LogP contribution in [-0.2, 0) is 18.4 Å². The van der Waals surface area contributed by atoms with Crippen molar-refractivity contribution in [3.8, 4) is 0 Å². The lowest BCUT2D eigenvalue weighted by molar-refractivity contribution is -0.120. The molecule has 5 heteroatoms. The van der Waals surface area contributed by atoms with Crippen molar-refractivity contribution in [3.63, 3.8) is 0 Å². The molecule has 14 heavy (non-hydrogen) atoms. The van der Waals surface area contributed by atoms with Gasteiger partial charge in [-0.05, 0) is 6.92 Å². The molecule has 2 N–H and O–H groups in total. The summed E-state index contributed by atoms with van der Waals surface area (Å²) in [6.07, 6.45) is 0.434. The molecular formula is C9H15N3O2. The predicted molar refractivity (Wildman–Crippen MR) is 52.9 cm³/mol. The maximum atomic E-state index is 11.3. The molecule has 0 aliphatic heterocycles. The molecule has 78 valence electrons. The van der Waals surface area contributed by atoms with Crippen molar-refractivity contribution in [2.24, 2.45) is 7.05 Å². The van der Waals surface area contributed by atoms with Gasteiger partial charge in [-0.3, -0.25) is 19.4 Å². The van der Waals surface area contributed by atoms with E-state index in [-0.39, 0.29) is 11.5 Å². The maximum Gasteiger partial charge on any atom is 0.269 e. The SMILES string of the molecule is CCC(=O)NCc1c(C)n(C)[nH]c1=O. The molecular weight excluding hydrogens is 182 g/mol. The van der Waals surface area contributed by atoms with Crippen molar-refractivity contribution >= 4 is 5.91 Å². The van der Waals surface area contributed by atoms with Gasteiger partial charge in [0.15, 0.2) is 0 Å². The molecule has 1 heterocycles.